The van der Waals surface area contributed by atoms with Crippen molar-refractivity contribution in [2.75, 3.05) is 52.9 Å². The van der Waals surface area contributed by atoms with Crippen LogP contribution in [0.4, 0.5) is 0 Å². The molecule has 0 radical (unpaired) electrons. The number of aromatic nitrogens is 1. The van der Waals surface area contributed by atoms with E-state index in [0.717, 1.165) is 50.5 Å². The third-order valence-electron chi connectivity index (χ3n) is 5.43. The third-order valence-corrected chi connectivity index (χ3v) is 5.43. The molecule has 1 aromatic heterocycles. The minimum atomic E-state index is 0.207. The van der Waals surface area contributed by atoms with Gasteiger partial charge in [-0.3, -0.25) is 4.79 Å². The van der Waals surface area contributed by atoms with Crippen LogP contribution in [0.25, 0.3) is 0 Å². The molecule has 2 saturated heterocycles. The van der Waals surface area contributed by atoms with E-state index in [0.29, 0.717) is 0 Å². The summed E-state index contributed by atoms with van der Waals surface area (Å²) in [6.07, 6.45) is 2.66. The van der Waals surface area contributed by atoms with E-state index >= 15 is 0 Å². The minimum absolute atomic E-state index is 0.207. The molecule has 2 fully saturated rings. The van der Waals surface area contributed by atoms with Gasteiger partial charge in [-0.1, -0.05) is 0 Å². The first-order chi connectivity index (χ1) is 11.1. The normalized spacial score (nSPS) is 20.4. The smallest absolute Gasteiger partial charge is 0.255 e. The van der Waals surface area contributed by atoms with Gasteiger partial charge >= 0.3 is 0 Å². The maximum absolute atomic E-state index is 12.8. The van der Waals surface area contributed by atoms with E-state index in [9.17, 15) is 4.79 Å². The highest BCUT2D eigenvalue weighted by Gasteiger charge is 2.24. The predicted octanol–water partition coefficient (Wildman–Crippen LogP) is 1.59. The quantitative estimate of drug-likeness (QED) is 0.845. The first-order valence-electron chi connectivity index (χ1n) is 8.93. The Kier molecular flexibility index (Phi) is 5.07. The molecular weight excluding hydrogens is 288 g/mol. The molecule has 2 aliphatic rings. The van der Waals surface area contributed by atoms with Crippen LogP contribution in [0.2, 0.25) is 0 Å². The highest BCUT2D eigenvalue weighted by molar-refractivity contribution is 5.95. The van der Waals surface area contributed by atoms with Crippen LogP contribution in [0.1, 0.15) is 34.6 Å². The third kappa shape index (κ3) is 3.61. The molecule has 3 rings (SSSR count). The van der Waals surface area contributed by atoms with Crippen LogP contribution >= 0.6 is 0 Å². The van der Waals surface area contributed by atoms with Crippen molar-refractivity contribution < 1.29 is 4.79 Å². The van der Waals surface area contributed by atoms with Gasteiger partial charge in [0.2, 0.25) is 0 Å². The van der Waals surface area contributed by atoms with Crippen LogP contribution in [0.5, 0.6) is 0 Å². The molecule has 0 unspecified atom stereocenters. The van der Waals surface area contributed by atoms with Gasteiger partial charge in [0.15, 0.2) is 0 Å². The van der Waals surface area contributed by atoms with E-state index in [-0.39, 0.29) is 5.91 Å². The highest BCUT2D eigenvalue weighted by Crippen LogP contribution is 2.19. The Morgan fingerprint density at radius 3 is 2.30 bits per heavy atom. The van der Waals surface area contributed by atoms with Crippen molar-refractivity contribution in [2.24, 2.45) is 0 Å². The first-order valence-corrected chi connectivity index (χ1v) is 8.93. The van der Waals surface area contributed by atoms with Gasteiger partial charge in [-0.15, -0.1) is 0 Å². The summed E-state index contributed by atoms with van der Waals surface area (Å²) in [5.74, 6) is 0.207. The number of aryl methyl sites for hydroxylation is 1. The van der Waals surface area contributed by atoms with Crippen molar-refractivity contribution in [3.63, 3.8) is 0 Å². The lowest BCUT2D eigenvalue weighted by molar-refractivity contribution is 0.0663. The molecule has 0 saturated carbocycles. The Morgan fingerprint density at radius 2 is 1.65 bits per heavy atom. The number of hydrogen-bond acceptors (Lipinski definition) is 3. The van der Waals surface area contributed by atoms with Crippen LogP contribution in [0, 0.1) is 13.8 Å². The maximum Gasteiger partial charge on any atom is 0.255 e. The maximum atomic E-state index is 12.8. The van der Waals surface area contributed by atoms with E-state index in [1.807, 2.05) is 4.90 Å². The van der Waals surface area contributed by atoms with Crippen LogP contribution in [-0.2, 0) is 6.54 Å². The summed E-state index contributed by atoms with van der Waals surface area (Å²) in [5.41, 5.74) is 3.23. The van der Waals surface area contributed by atoms with Crippen LogP contribution in [-0.4, -0.2) is 78.0 Å². The molecule has 23 heavy (non-hydrogen) atoms. The van der Waals surface area contributed by atoms with Gasteiger partial charge in [-0.2, -0.15) is 0 Å². The Morgan fingerprint density at radius 1 is 1.00 bits per heavy atom. The molecular formula is C18H30N4O. The number of nitrogens with zero attached hydrogens (tertiary/aromatic N) is 4. The van der Waals surface area contributed by atoms with Crippen molar-refractivity contribution >= 4 is 5.91 Å². The fourth-order valence-corrected chi connectivity index (χ4v) is 3.79. The largest absolute Gasteiger partial charge is 0.347 e. The van der Waals surface area contributed by atoms with E-state index in [4.69, 9.17) is 0 Å². The number of carbonyl (C=O) groups is 1. The predicted molar refractivity (Wildman–Crippen MR) is 93.0 cm³/mol. The summed E-state index contributed by atoms with van der Waals surface area (Å²) in [5, 5.41) is 0. The molecule has 128 valence electrons. The number of hydrogen-bond donors (Lipinski definition) is 0. The molecule has 1 aromatic rings. The average molecular weight is 318 g/mol. The Hall–Kier alpha value is -1.33. The topological polar surface area (TPSA) is 31.7 Å². The number of rotatable bonds is 4. The second-order valence-corrected chi connectivity index (χ2v) is 7.08. The fourth-order valence-electron chi connectivity index (χ4n) is 3.79. The molecule has 0 spiro atoms. The molecule has 1 amide bonds. The number of likely N-dealkylation sites (N-methyl/N-ethyl adjacent to an activating group) is 1. The highest BCUT2D eigenvalue weighted by atomic mass is 16.2. The molecule has 0 atom stereocenters. The van der Waals surface area contributed by atoms with E-state index < -0.39 is 0 Å². The second-order valence-electron chi connectivity index (χ2n) is 7.08. The molecule has 5 nitrogen and oxygen atoms in total. The SMILES string of the molecule is Cc1cc(C(=O)N2CCN(C)CC2)c(C)n1CCN1CCCC1. The summed E-state index contributed by atoms with van der Waals surface area (Å²) < 4.78 is 2.32. The second kappa shape index (κ2) is 7.05. The molecule has 3 heterocycles. The van der Waals surface area contributed by atoms with Gasteiger partial charge in [0.1, 0.15) is 0 Å². The number of carbonyl (C=O) groups excluding carboxylic acids is 1. The molecule has 5 heteroatoms. The molecule has 0 aliphatic carbocycles. The van der Waals surface area contributed by atoms with Crippen LogP contribution < -0.4 is 0 Å². The summed E-state index contributed by atoms with van der Waals surface area (Å²) >= 11 is 0. The van der Waals surface area contributed by atoms with Gasteiger partial charge in [0.25, 0.3) is 5.91 Å². The van der Waals surface area contributed by atoms with Crippen molar-refractivity contribution in [2.45, 2.75) is 33.2 Å². The molecule has 2 aliphatic heterocycles. The van der Waals surface area contributed by atoms with E-state index in [1.54, 1.807) is 0 Å². The molecule has 0 bridgehead atoms. The summed E-state index contributed by atoms with van der Waals surface area (Å²) in [4.78, 5) is 19.7. The van der Waals surface area contributed by atoms with Crippen molar-refractivity contribution in [3.05, 3.63) is 23.0 Å². The summed E-state index contributed by atoms with van der Waals surface area (Å²) in [6, 6.07) is 2.08. The Balaban J connectivity index is 1.68. The average Bonchev–Trinajstić information content (AvgIpc) is 3.14. The number of amides is 1. The zero-order valence-electron chi connectivity index (χ0n) is 14.8. The Bertz CT molecular complexity index is 552. The van der Waals surface area contributed by atoms with Crippen molar-refractivity contribution in [1.82, 2.24) is 19.3 Å². The monoisotopic (exact) mass is 318 g/mol. The van der Waals surface area contributed by atoms with Gasteiger partial charge in [-0.25, -0.2) is 0 Å². The van der Waals surface area contributed by atoms with Gasteiger partial charge < -0.3 is 19.3 Å². The zero-order chi connectivity index (χ0) is 16.4. The fraction of sp³-hybridized carbons (Fsp3) is 0.722. The van der Waals surface area contributed by atoms with Gasteiger partial charge in [0, 0.05) is 50.7 Å². The summed E-state index contributed by atoms with van der Waals surface area (Å²) in [7, 11) is 2.12. The lowest BCUT2D eigenvalue weighted by Gasteiger charge is -2.32. The zero-order valence-corrected chi connectivity index (χ0v) is 14.8. The van der Waals surface area contributed by atoms with Gasteiger partial charge in [-0.05, 0) is 52.9 Å². The molecule has 0 N–H and O–H groups in total. The first kappa shape index (κ1) is 16.5. The Labute approximate surface area is 139 Å². The lowest BCUT2D eigenvalue weighted by atomic mass is 10.2. The van der Waals surface area contributed by atoms with Crippen molar-refractivity contribution in [3.8, 4) is 0 Å². The van der Waals surface area contributed by atoms with Crippen LogP contribution in [0.3, 0.4) is 0 Å². The van der Waals surface area contributed by atoms with E-state index in [1.165, 1.54) is 31.6 Å². The van der Waals surface area contributed by atoms with Gasteiger partial charge in [0.05, 0.1) is 5.56 Å². The van der Waals surface area contributed by atoms with Crippen LogP contribution in [0.15, 0.2) is 6.07 Å². The lowest BCUT2D eigenvalue weighted by Crippen LogP contribution is -2.47. The van der Waals surface area contributed by atoms with E-state index in [2.05, 4.69) is 41.3 Å². The summed E-state index contributed by atoms with van der Waals surface area (Å²) in [6.45, 7) is 12.4. The number of likely N-dealkylation sites (tertiary alicyclic amines) is 1. The number of piperazine rings is 1. The standard InChI is InChI=1S/C18H30N4O/c1-15-14-17(18(23)21-11-8-19(3)9-12-21)16(2)22(15)13-10-20-6-4-5-7-20/h14H,4-13H2,1-3H3. The minimum Gasteiger partial charge on any atom is -0.347 e. The van der Waals surface area contributed by atoms with Crippen molar-refractivity contribution in [1.29, 1.82) is 0 Å². The molecule has 0 aromatic carbocycles.